The lowest BCUT2D eigenvalue weighted by atomic mass is 10.0. The van der Waals surface area contributed by atoms with Crippen LogP contribution in [0.1, 0.15) is 19.3 Å². The molecule has 1 aliphatic heterocycles. The summed E-state index contributed by atoms with van der Waals surface area (Å²) < 4.78 is 0. The third-order valence-electron chi connectivity index (χ3n) is 3.66. The number of aliphatic hydroxyl groups is 1. The molecule has 0 spiro atoms. The molecule has 4 nitrogen and oxygen atoms in total. The number of carbonyl (C=O) groups is 1. The van der Waals surface area contributed by atoms with Gasteiger partial charge in [0.2, 0.25) is 0 Å². The average molecular weight is 199 g/mol. The van der Waals surface area contributed by atoms with Crippen LogP contribution in [0, 0.1) is 17.8 Å². The van der Waals surface area contributed by atoms with Crippen LogP contribution < -0.4 is 0 Å². The molecule has 1 amide bonds. The minimum absolute atomic E-state index is 0.271. The first-order valence-corrected chi connectivity index (χ1v) is 5.29. The SMILES string of the molecule is O=C(O)N1CC2CC(CCO)CC2C1. The van der Waals surface area contributed by atoms with Crippen molar-refractivity contribution in [3.63, 3.8) is 0 Å². The number of fused-ring (bicyclic) bond motifs is 1. The number of carboxylic acid groups (broad SMARTS) is 1. The molecule has 80 valence electrons. The molecule has 4 heteroatoms. The van der Waals surface area contributed by atoms with Gasteiger partial charge in [0, 0.05) is 19.7 Å². The number of likely N-dealkylation sites (tertiary alicyclic amines) is 1. The minimum Gasteiger partial charge on any atom is -0.465 e. The first kappa shape index (κ1) is 9.77. The predicted molar refractivity (Wildman–Crippen MR) is 51.0 cm³/mol. The predicted octanol–water partition coefficient (Wildman–Crippen LogP) is 1.00. The van der Waals surface area contributed by atoms with Gasteiger partial charge in [-0.25, -0.2) is 4.79 Å². The summed E-state index contributed by atoms with van der Waals surface area (Å²) in [5.41, 5.74) is 0. The van der Waals surface area contributed by atoms with E-state index in [2.05, 4.69) is 0 Å². The minimum atomic E-state index is -0.780. The molecule has 0 aromatic carbocycles. The van der Waals surface area contributed by atoms with E-state index in [1.165, 1.54) is 4.90 Å². The molecule has 1 aliphatic carbocycles. The zero-order chi connectivity index (χ0) is 10.1. The number of nitrogens with zero attached hydrogens (tertiary/aromatic N) is 1. The molecule has 2 unspecified atom stereocenters. The summed E-state index contributed by atoms with van der Waals surface area (Å²) in [6, 6.07) is 0. The van der Waals surface area contributed by atoms with Crippen LogP contribution in [0.4, 0.5) is 4.79 Å². The van der Waals surface area contributed by atoms with Crippen molar-refractivity contribution in [2.45, 2.75) is 19.3 Å². The molecule has 2 rings (SSSR count). The Bertz CT molecular complexity index is 217. The van der Waals surface area contributed by atoms with E-state index in [4.69, 9.17) is 10.2 Å². The van der Waals surface area contributed by atoms with Crippen molar-refractivity contribution in [2.24, 2.45) is 17.8 Å². The van der Waals surface area contributed by atoms with Crippen molar-refractivity contribution < 1.29 is 15.0 Å². The number of amides is 1. The Labute approximate surface area is 83.5 Å². The zero-order valence-electron chi connectivity index (χ0n) is 8.22. The van der Waals surface area contributed by atoms with E-state index in [1.54, 1.807) is 0 Å². The van der Waals surface area contributed by atoms with Crippen molar-refractivity contribution in [1.29, 1.82) is 0 Å². The Balaban J connectivity index is 1.87. The van der Waals surface area contributed by atoms with Crippen LogP contribution >= 0.6 is 0 Å². The van der Waals surface area contributed by atoms with Crippen LogP contribution in [-0.2, 0) is 0 Å². The normalized spacial score (nSPS) is 36.1. The molecular weight excluding hydrogens is 182 g/mol. The van der Waals surface area contributed by atoms with E-state index in [1.807, 2.05) is 0 Å². The number of rotatable bonds is 2. The van der Waals surface area contributed by atoms with Gasteiger partial charge in [0.15, 0.2) is 0 Å². The molecule has 1 heterocycles. The van der Waals surface area contributed by atoms with Gasteiger partial charge in [-0.2, -0.15) is 0 Å². The van der Waals surface area contributed by atoms with Gasteiger partial charge >= 0.3 is 6.09 Å². The Kier molecular flexibility index (Phi) is 2.63. The topological polar surface area (TPSA) is 60.8 Å². The lowest BCUT2D eigenvalue weighted by molar-refractivity contribution is 0.150. The Morgan fingerprint density at radius 1 is 1.29 bits per heavy atom. The lowest BCUT2D eigenvalue weighted by Crippen LogP contribution is -2.28. The van der Waals surface area contributed by atoms with E-state index in [0.29, 0.717) is 30.8 Å². The van der Waals surface area contributed by atoms with Crippen LogP contribution in [0.15, 0.2) is 0 Å². The van der Waals surface area contributed by atoms with Crippen LogP contribution in [-0.4, -0.2) is 40.9 Å². The standard InChI is InChI=1S/C10H17NO3/c12-2-1-7-3-8-5-11(10(13)14)6-9(8)4-7/h7-9,12H,1-6H2,(H,13,14). The molecule has 0 aromatic rings. The fourth-order valence-electron chi connectivity index (χ4n) is 3.00. The molecule has 2 atom stereocenters. The zero-order valence-corrected chi connectivity index (χ0v) is 8.22. The second-order valence-corrected chi connectivity index (χ2v) is 4.56. The first-order valence-electron chi connectivity index (χ1n) is 5.29. The highest BCUT2D eigenvalue weighted by Crippen LogP contribution is 2.42. The molecule has 1 saturated heterocycles. The monoisotopic (exact) mass is 199 g/mol. The van der Waals surface area contributed by atoms with Crippen LogP contribution in [0.5, 0.6) is 0 Å². The van der Waals surface area contributed by atoms with Crippen molar-refractivity contribution in [1.82, 2.24) is 4.90 Å². The van der Waals surface area contributed by atoms with Gasteiger partial charge in [0.25, 0.3) is 0 Å². The number of aliphatic hydroxyl groups excluding tert-OH is 1. The second kappa shape index (κ2) is 3.77. The van der Waals surface area contributed by atoms with Gasteiger partial charge in [-0.05, 0) is 37.0 Å². The van der Waals surface area contributed by atoms with Gasteiger partial charge in [0.1, 0.15) is 0 Å². The number of hydrogen-bond acceptors (Lipinski definition) is 2. The molecule has 0 bridgehead atoms. The molecule has 14 heavy (non-hydrogen) atoms. The smallest absolute Gasteiger partial charge is 0.407 e. The van der Waals surface area contributed by atoms with E-state index < -0.39 is 6.09 Å². The third kappa shape index (κ3) is 1.71. The Morgan fingerprint density at radius 2 is 1.86 bits per heavy atom. The quantitative estimate of drug-likeness (QED) is 0.697. The Morgan fingerprint density at radius 3 is 2.29 bits per heavy atom. The highest BCUT2D eigenvalue weighted by molar-refractivity contribution is 5.65. The summed E-state index contributed by atoms with van der Waals surface area (Å²) in [5.74, 6) is 1.75. The van der Waals surface area contributed by atoms with Crippen LogP contribution in [0.3, 0.4) is 0 Å². The van der Waals surface area contributed by atoms with Gasteiger partial charge in [-0.15, -0.1) is 0 Å². The Hall–Kier alpha value is -0.770. The van der Waals surface area contributed by atoms with Crippen LogP contribution in [0.2, 0.25) is 0 Å². The maximum Gasteiger partial charge on any atom is 0.407 e. The van der Waals surface area contributed by atoms with E-state index in [0.717, 1.165) is 19.3 Å². The summed E-state index contributed by atoms with van der Waals surface area (Å²) in [6.45, 7) is 1.69. The van der Waals surface area contributed by atoms with Gasteiger partial charge in [-0.3, -0.25) is 0 Å². The van der Waals surface area contributed by atoms with E-state index in [-0.39, 0.29) is 6.61 Å². The largest absolute Gasteiger partial charge is 0.465 e. The van der Waals surface area contributed by atoms with Gasteiger partial charge in [-0.1, -0.05) is 0 Å². The first-order chi connectivity index (χ1) is 6.70. The highest BCUT2D eigenvalue weighted by atomic mass is 16.4. The molecule has 0 aromatic heterocycles. The average Bonchev–Trinajstić information content (AvgIpc) is 2.61. The molecule has 2 fully saturated rings. The molecule has 2 aliphatic rings. The van der Waals surface area contributed by atoms with Crippen molar-refractivity contribution >= 4 is 6.09 Å². The second-order valence-electron chi connectivity index (χ2n) is 4.56. The summed E-state index contributed by atoms with van der Waals surface area (Å²) in [4.78, 5) is 12.3. The van der Waals surface area contributed by atoms with Gasteiger partial charge in [0.05, 0.1) is 0 Å². The molecule has 1 saturated carbocycles. The summed E-state index contributed by atoms with van der Waals surface area (Å²) in [7, 11) is 0. The van der Waals surface area contributed by atoms with Crippen molar-refractivity contribution in [2.75, 3.05) is 19.7 Å². The fraction of sp³-hybridized carbons (Fsp3) is 0.900. The highest BCUT2D eigenvalue weighted by Gasteiger charge is 2.41. The number of hydrogen-bond donors (Lipinski definition) is 2. The molecule has 2 N–H and O–H groups in total. The summed E-state index contributed by atoms with van der Waals surface area (Å²) >= 11 is 0. The van der Waals surface area contributed by atoms with Gasteiger partial charge < -0.3 is 15.1 Å². The maximum absolute atomic E-state index is 10.7. The summed E-state index contributed by atoms with van der Waals surface area (Å²) in [6.07, 6.45) is 2.32. The lowest BCUT2D eigenvalue weighted by Gasteiger charge is -2.15. The van der Waals surface area contributed by atoms with Crippen molar-refractivity contribution in [3.05, 3.63) is 0 Å². The fourth-order valence-corrected chi connectivity index (χ4v) is 3.00. The maximum atomic E-state index is 10.7. The van der Waals surface area contributed by atoms with E-state index in [9.17, 15) is 4.79 Å². The molecular formula is C10H17NO3. The van der Waals surface area contributed by atoms with Crippen molar-refractivity contribution in [3.8, 4) is 0 Å². The third-order valence-corrected chi connectivity index (χ3v) is 3.66. The van der Waals surface area contributed by atoms with E-state index >= 15 is 0 Å². The van der Waals surface area contributed by atoms with Crippen LogP contribution in [0.25, 0.3) is 0 Å². The molecule has 0 radical (unpaired) electrons. The summed E-state index contributed by atoms with van der Waals surface area (Å²) in [5, 5.41) is 17.6.